The van der Waals surface area contributed by atoms with Gasteiger partial charge in [-0.3, -0.25) is 5.43 Å². The summed E-state index contributed by atoms with van der Waals surface area (Å²) in [4.78, 5) is 7.25. The minimum atomic E-state index is -0.766. The fourth-order valence-electron chi connectivity index (χ4n) is 1.28. The van der Waals surface area contributed by atoms with Gasteiger partial charge in [0, 0.05) is 6.07 Å². The molecule has 0 spiro atoms. The van der Waals surface area contributed by atoms with E-state index in [1.54, 1.807) is 6.92 Å². The Balaban J connectivity index is 2.36. The van der Waals surface area contributed by atoms with E-state index in [-0.39, 0.29) is 17.6 Å². The van der Waals surface area contributed by atoms with Crippen molar-refractivity contribution in [3.63, 3.8) is 0 Å². The number of rotatable bonds is 3. The molecule has 94 valence electrons. The van der Waals surface area contributed by atoms with Crippen molar-refractivity contribution in [1.82, 2.24) is 9.97 Å². The monoisotopic (exact) mass is 252 g/mol. The lowest BCUT2D eigenvalue weighted by molar-refractivity contribution is 0.415. The number of ether oxygens (including phenoxy) is 1. The lowest BCUT2D eigenvalue weighted by atomic mass is 10.2. The van der Waals surface area contributed by atoms with Gasteiger partial charge in [-0.25, -0.2) is 15.2 Å². The molecule has 0 radical (unpaired) electrons. The van der Waals surface area contributed by atoms with E-state index in [9.17, 15) is 8.78 Å². The van der Waals surface area contributed by atoms with Gasteiger partial charge in [-0.1, -0.05) is 6.07 Å². The number of aromatic nitrogens is 2. The second kappa shape index (κ2) is 4.92. The molecule has 1 heterocycles. The maximum atomic E-state index is 13.4. The Morgan fingerprint density at radius 3 is 2.83 bits per heavy atom. The normalized spacial score (nSPS) is 10.2. The molecular formula is C11H10F2N4O. The molecule has 0 bridgehead atoms. The molecular weight excluding hydrogens is 242 g/mol. The molecule has 3 N–H and O–H groups in total. The highest BCUT2D eigenvalue weighted by Crippen LogP contribution is 2.26. The molecule has 0 aliphatic rings. The summed E-state index contributed by atoms with van der Waals surface area (Å²) in [5.41, 5.74) is 2.81. The van der Waals surface area contributed by atoms with E-state index in [2.05, 4.69) is 15.4 Å². The van der Waals surface area contributed by atoms with E-state index in [0.717, 1.165) is 12.3 Å². The first-order chi connectivity index (χ1) is 8.60. The SMILES string of the molecule is Cc1ccc(F)cc1Oc1nc(NN)ncc1F. The summed E-state index contributed by atoms with van der Waals surface area (Å²) in [7, 11) is 0. The first kappa shape index (κ1) is 12.2. The van der Waals surface area contributed by atoms with Gasteiger partial charge >= 0.3 is 0 Å². The molecule has 0 saturated carbocycles. The minimum absolute atomic E-state index is 0.000422. The largest absolute Gasteiger partial charge is 0.436 e. The summed E-state index contributed by atoms with van der Waals surface area (Å²) in [5, 5.41) is 0. The highest BCUT2D eigenvalue weighted by molar-refractivity contribution is 5.37. The molecule has 0 fully saturated rings. The molecule has 0 atom stereocenters. The molecule has 18 heavy (non-hydrogen) atoms. The molecule has 2 rings (SSSR count). The van der Waals surface area contributed by atoms with Crippen LogP contribution in [0.3, 0.4) is 0 Å². The number of nitrogens with zero attached hydrogens (tertiary/aromatic N) is 2. The number of hydrogen-bond donors (Lipinski definition) is 2. The third kappa shape index (κ3) is 2.51. The summed E-state index contributed by atoms with van der Waals surface area (Å²) in [6.07, 6.45) is 0.909. The Bertz CT molecular complexity index is 577. The average molecular weight is 252 g/mol. The Morgan fingerprint density at radius 1 is 1.33 bits per heavy atom. The van der Waals surface area contributed by atoms with Crippen molar-refractivity contribution in [2.24, 2.45) is 5.84 Å². The van der Waals surface area contributed by atoms with Gasteiger partial charge in [0.15, 0.2) is 0 Å². The van der Waals surface area contributed by atoms with Crippen molar-refractivity contribution in [3.8, 4) is 11.6 Å². The highest BCUT2D eigenvalue weighted by Gasteiger charge is 2.11. The maximum Gasteiger partial charge on any atom is 0.260 e. The van der Waals surface area contributed by atoms with Crippen LogP contribution in [-0.2, 0) is 0 Å². The van der Waals surface area contributed by atoms with Gasteiger partial charge in [0.25, 0.3) is 5.88 Å². The van der Waals surface area contributed by atoms with E-state index in [1.807, 2.05) is 0 Å². The fourth-order valence-corrected chi connectivity index (χ4v) is 1.28. The van der Waals surface area contributed by atoms with Crippen molar-refractivity contribution in [3.05, 3.63) is 41.6 Å². The summed E-state index contributed by atoms with van der Waals surface area (Å²) in [6.45, 7) is 1.70. The number of aryl methyl sites for hydroxylation is 1. The van der Waals surface area contributed by atoms with Gasteiger partial charge in [-0.05, 0) is 18.6 Å². The van der Waals surface area contributed by atoms with Crippen molar-refractivity contribution in [2.45, 2.75) is 6.92 Å². The molecule has 7 heteroatoms. The molecule has 0 aliphatic carbocycles. The van der Waals surface area contributed by atoms with Gasteiger partial charge in [-0.2, -0.15) is 9.37 Å². The van der Waals surface area contributed by atoms with Crippen LogP contribution in [0.1, 0.15) is 5.56 Å². The second-order valence-corrected chi connectivity index (χ2v) is 3.50. The number of nitrogens with two attached hydrogens (primary N) is 1. The number of nitrogens with one attached hydrogen (secondary N) is 1. The van der Waals surface area contributed by atoms with Crippen molar-refractivity contribution in [1.29, 1.82) is 0 Å². The molecule has 2 aromatic rings. The topological polar surface area (TPSA) is 73.1 Å². The maximum absolute atomic E-state index is 13.4. The van der Waals surface area contributed by atoms with E-state index in [0.29, 0.717) is 5.56 Å². The molecule has 1 aromatic carbocycles. The van der Waals surface area contributed by atoms with Crippen LogP contribution >= 0.6 is 0 Å². The highest BCUT2D eigenvalue weighted by atomic mass is 19.1. The van der Waals surface area contributed by atoms with Crippen molar-refractivity contribution >= 4 is 5.95 Å². The smallest absolute Gasteiger partial charge is 0.260 e. The molecule has 0 saturated heterocycles. The first-order valence-corrected chi connectivity index (χ1v) is 5.03. The number of nitrogen functional groups attached to an aromatic ring is 1. The van der Waals surface area contributed by atoms with Crippen molar-refractivity contribution < 1.29 is 13.5 Å². The fraction of sp³-hybridized carbons (Fsp3) is 0.0909. The molecule has 1 aromatic heterocycles. The van der Waals surface area contributed by atoms with Gasteiger partial charge in [0.1, 0.15) is 11.6 Å². The summed E-state index contributed by atoms with van der Waals surface area (Å²) in [5.74, 6) is 3.70. The van der Waals surface area contributed by atoms with E-state index < -0.39 is 11.6 Å². The third-order valence-electron chi connectivity index (χ3n) is 2.20. The van der Waals surface area contributed by atoms with E-state index >= 15 is 0 Å². The van der Waals surface area contributed by atoms with Crippen LogP contribution in [-0.4, -0.2) is 9.97 Å². The third-order valence-corrected chi connectivity index (χ3v) is 2.20. The van der Waals surface area contributed by atoms with E-state index in [4.69, 9.17) is 10.6 Å². The molecule has 0 amide bonds. The number of halogens is 2. The van der Waals surface area contributed by atoms with Gasteiger partial charge in [-0.15, -0.1) is 0 Å². The predicted molar refractivity (Wildman–Crippen MR) is 61.0 cm³/mol. The molecule has 0 aliphatic heterocycles. The van der Waals surface area contributed by atoms with Gasteiger partial charge in [0.05, 0.1) is 6.20 Å². The number of anilines is 1. The van der Waals surface area contributed by atoms with Crippen LogP contribution in [0.15, 0.2) is 24.4 Å². The van der Waals surface area contributed by atoms with Crippen molar-refractivity contribution in [2.75, 3.05) is 5.43 Å². The van der Waals surface area contributed by atoms with Gasteiger partial charge < -0.3 is 4.74 Å². The lowest BCUT2D eigenvalue weighted by Crippen LogP contribution is -2.11. The summed E-state index contributed by atoms with van der Waals surface area (Å²) < 4.78 is 31.7. The lowest BCUT2D eigenvalue weighted by Gasteiger charge is -2.09. The first-order valence-electron chi connectivity index (χ1n) is 5.03. The van der Waals surface area contributed by atoms with Crippen LogP contribution in [0.2, 0.25) is 0 Å². The Kier molecular flexibility index (Phi) is 3.33. The zero-order valence-electron chi connectivity index (χ0n) is 9.45. The van der Waals surface area contributed by atoms with E-state index in [1.165, 1.54) is 12.1 Å². The average Bonchev–Trinajstić information content (AvgIpc) is 2.36. The zero-order valence-corrected chi connectivity index (χ0v) is 9.45. The minimum Gasteiger partial charge on any atom is -0.436 e. The quantitative estimate of drug-likeness (QED) is 0.646. The predicted octanol–water partition coefficient (Wildman–Crippen LogP) is 2.14. The van der Waals surface area contributed by atoms with Crippen LogP contribution < -0.4 is 16.0 Å². The number of hydrazine groups is 1. The zero-order chi connectivity index (χ0) is 13.1. The second-order valence-electron chi connectivity index (χ2n) is 3.50. The van der Waals surface area contributed by atoms with Gasteiger partial charge in [0.2, 0.25) is 11.8 Å². The Labute approximate surface area is 102 Å². The summed E-state index contributed by atoms with van der Waals surface area (Å²) >= 11 is 0. The molecule has 5 nitrogen and oxygen atoms in total. The molecule has 0 unspecified atom stereocenters. The number of hydrogen-bond acceptors (Lipinski definition) is 5. The number of benzene rings is 1. The Morgan fingerprint density at radius 2 is 2.11 bits per heavy atom. The van der Waals surface area contributed by atoms with Crippen LogP contribution in [0.4, 0.5) is 14.7 Å². The van der Waals surface area contributed by atoms with Crippen LogP contribution in [0, 0.1) is 18.6 Å². The summed E-state index contributed by atoms with van der Waals surface area (Å²) in [6, 6.07) is 3.95. The van der Waals surface area contributed by atoms with Crippen LogP contribution in [0.5, 0.6) is 11.6 Å². The Hall–Kier alpha value is -2.28. The van der Waals surface area contributed by atoms with Crippen LogP contribution in [0.25, 0.3) is 0 Å². The standard InChI is InChI=1S/C11H10F2N4O/c1-6-2-3-7(12)4-9(6)18-10-8(13)5-15-11(16-10)17-14/h2-5H,14H2,1H3,(H,15,16,17).